The number of rotatable bonds is 7. The lowest BCUT2D eigenvalue weighted by molar-refractivity contribution is -0.917. The zero-order valence-corrected chi connectivity index (χ0v) is 20.1. The number of para-hydroxylation sites is 2. The maximum Gasteiger partial charge on any atom is 0.289 e. The van der Waals surface area contributed by atoms with Crippen LogP contribution < -0.4 is 10.2 Å². The highest BCUT2D eigenvalue weighted by Crippen LogP contribution is 2.28. The molecule has 0 aromatic heterocycles. The number of quaternary nitrogens is 1. The van der Waals surface area contributed by atoms with Gasteiger partial charge in [-0.05, 0) is 24.6 Å². The molecule has 1 fully saturated rings. The summed E-state index contributed by atoms with van der Waals surface area (Å²) in [5.74, 6) is -0.154. The summed E-state index contributed by atoms with van der Waals surface area (Å²) in [7, 11) is -4.01. The molecule has 0 bridgehead atoms. The van der Waals surface area contributed by atoms with Gasteiger partial charge in [0.2, 0.25) is 10.0 Å². The molecule has 3 aromatic carbocycles. The normalized spacial score (nSPS) is 15.9. The van der Waals surface area contributed by atoms with Crippen molar-refractivity contribution < 1.29 is 23.0 Å². The molecule has 0 unspecified atom stereocenters. The first-order chi connectivity index (χ1) is 16.8. The Morgan fingerprint density at radius 2 is 1.57 bits per heavy atom. The monoisotopic (exact) mass is 495 g/mol. The van der Waals surface area contributed by atoms with Crippen LogP contribution in [0.3, 0.4) is 0 Å². The second kappa shape index (κ2) is 10.3. The molecule has 0 saturated carbocycles. The van der Waals surface area contributed by atoms with Crippen LogP contribution in [-0.4, -0.2) is 55.8 Å². The van der Waals surface area contributed by atoms with E-state index < -0.39 is 26.7 Å². The Hall–Kier alpha value is -3.60. The second-order valence-electron chi connectivity index (χ2n) is 8.41. The van der Waals surface area contributed by atoms with E-state index >= 15 is 0 Å². The second-order valence-corrected chi connectivity index (χ2v) is 10.3. The van der Waals surface area contributed by atoms with E-state index in [1.807, 2.05) is 61.5 Å². The predicted molar refractivity (Wildman–Crippen MR) is 133 cm³/mol. The lowest BCUT2D eigenvalue weighted by Gasteiger charge is -2.34. The van der Waals surface area contributed by atoms with Crippen LogP contribution in [0, 0.1) is 10.1 Å². The lowest BCUT2D eigenvalue weighted by Crippen LogP contribution is -3.19. The highest BCUT2D eigenvalue weighted by molar-refractivity contribution is 7.89. The Labute approximate surface area is 204 Å². The van der Waals surface area contributed by atoms with Crippen molar-refractivity contribution in [1.82, 2.24) is 4.31 Å². The minimum atomic E-state index is -4.01. The van der Waals surface area contributed by atoms with Gasteiger partial charge >= 0.3 is 0 Å². The van der Waals surface area contributed by atoms with Gasteiger partial charge in [-0.3, -0.25) is 14.9 Å². The number of nitrogens with one attached hydrogen (secondary N) is 2. The maximum atomic E-state index is 13.1. The number of anilines is 1. The summed E-state index contributed by atoms with van der Waals surface area (Å²) in [6.07, 6.45) is 0. The van der Waals surface area contributed by atoms with E-state index in [0.717, 1.165) is 16.0 Å². The molecule has 182 valence electrons. The summed E-state index contributed by atoms with van der Waals surface area (Å²) >= 11 is 0. The van der Waals surface area contributed by atoms with Crippen LogP contribution in [0.25, 0.3) is 11.1 Å². The van der Waals surface area contributed by atoms with Crippen molar-refractivity contribution in [3.8, 4) is 11.1 Å². The molecule has 1 atom stereocenters. The fraction of sp³-hybridized carbons (Fsp3) is 0.240. The van der Waals surface area contributed by atoms with Crippen LogP contribution in [0.4, 0.5) is 11.4 Å². The molecule has 0 spiro atoms. The largest absolute Gasteiger partial charge is 0.323 e. The zero-order chi connectivity index (χ0) is 25.0. The van der Waals surface area contributed by atoms with Crippen molar-refractivity contribution in [3.63, 3.8) is 0 Å². The highest BCUT2D eigenvalue weighted by atomic mass is 32.2. The topological polar surface area (TPSA) is 114 Å². The number of sulfonamides is 1. The number of nitro benzene ring substituents is 1. The predicted octanol–water partition coefficient (Wildman–Crippen LogP) is 2.18. The van der Waals surface area contributed by atoms with E-state index in [1.54, 1.807) is 0 Å². The smallest absolute Gasteiger partial charge is 0.289 e. The third-order valence-electron chi connectivity index (χ3n) is 6.32. The third-order valence-corrected chi connectivity index (χ3v) is 8.27. The number of carbonyl (C=O) groups is 1. The molecule has 3 aromatic rings. The van der Waals surface area contributed by atoms with Gasteiger partial charge in [-0.25, -0.2) is 8.42 Å². The van der Waals surface area contributed by atoms with Gasteiger partial charge in [-0.2, -0.15) is 4.31 Å². The molecule has 35 heavy (non-hydrogen) atoms. The fourth-order valence-electron chi connectivity index (χ4n) is 4.30. The number of piperazine rings is 1. The van der Waals surface area contributed by atoms with Crippen LogP contribution in [0.2, 0.25) is 0 Å². The van der Waals surface area contributed by atoms with Gasteiger partial charge < -0.3 is 10.2 Å². The molecule has 1 amide bonds. The average molecular weight is 496 g/mol. The molecule has 0 radical (unpaired) electrons. The van der Waals surface area contributed by atoms with Crippen LogP contribution >= 0.6 is 0 Å². The molecule has 4 rings (SSSR count). The van der Waals surface area contributed by atoms with Crippen molar-refractivity contribution >= 4 is 27.3 Å². The van der Waals surface area contributed by atoms with Crippen LogP contribution in [0.15, 0.2) is 83.8 Å². The fourth-order valence-corrected chi connectivity index (χ4v) is 5.90. The molecule has 1 aliphatic heterocycles. The van der Waals surface area contributed by atoms with Crippen molar-refractivity contribution in [2.24, 2.45) is 0 Å². The number of carbonyl (C=O) groups excluding carboxylic acids is 1. The quantitative estimate of drug-likeness (QED) is 0.385. The van der Waals surface area contributed by atoms with E-state index in [1.165, 1.54) is 28.6 Å². The SMILES string of the molecule is C[C@@H](C(=O)Nc1ccccc1-c1ccccc1)[NH+]1CCN(S(=O)(=O)c2ccccc2[N+](=O)[O-])CC1. The Balaban J connectivity index is 1.43. The van der Waals surface area contributed by atoms with E-state index in [4.69, 9.17) is 0 Å². The zero-order valence-electron chi connectivity index (χ0n) is 19.3. The first-order valence-electron chi connectivity index (χ1n) is 11.3. The van der Waals surface area contributed by atoms with Gasteiger partial charge in [-0.1, -0.05) is 60.7 Å². The van der Waals surface area contributed by atoms with Crippen molar-refractivity contribution in [2.75, 3.05) is 31.5 Å². The van der Waals surface area contributed by atoms with E-state index in [-0.39, 0.29) is 23.9 Å². The summed E-state index contributed by atoms with van der Waals surface area (Å²) in [6, 6.07) is 22.3. The van der Waals surface area contributed by atoms with E-state index in [9.17, 15) is 23.3 Å². The first-order valence-corrected chi connectivity index (χ1v) is 12.8. The van der Waals surface area contributed by atoms with Gasteiger partial charge in [0.25, 0.3) is 11.6 Å². The number of hydrogen-bond donors (Lipinski definition) is 2. The van der Waals surface area contributed by atoms with Gasteiger partial charge in [0.05, 0.1) is 31.1 Å². The summed E-state index contributed by atoms with van der Waals surface area (Å²) in [4.78, 5) is 24.3. The number of amides is 1. The summed E-state index contributed by atoms with van der Waals surface area (Å²) in [6.45, 7) is 2.98. The summed E-state index contributed by atoms with van der Waals surface area (Å²) in [5.41, 5.74) is 2.20. The number of nitro groups is 1. The Morgan fingerprint density at radius 3 is 2.26 bits per heavy atom. The number of nitrogens with zero attached hydrogens (tertiary/aromatic N) is 2. The Kier molecular flexibility index (Phi) is 7.25. The Morgan fingerprint density at radius 1 is 0.971 bits per heavy atom. The van der Waals surface area contributed by atoms with E-state index in [0.29, 0.717) is 18.8 Å². The third kappa shape index (κ3) is 5.24. The molecular weight excluding hydrogens is 468 g/mol. The summed E-state index contributed by atoms with van der Waals surface area (Å²) in [5, 5.41) is 14.3. The molecule has 2 N–H and O–H groups in total. The Bertz CT molecular complexity index is 1320. The molecule has 1 saturated heterocycles. The minimum Gasteiger partial charge on any atom is -0.323 e. The number of hydrogen-bond acceptors (Lipinski definition) is 5. The van der Waals surface area contributed by atoms with Crippen LogP contribution in [0.5, 0.6) is 0 Å². The summed E-state index contributed by atoms with van der Waals surface area (Å²) < 4.78 is 27.4. The molecule has 1 heterocycles. The maximum absolute atomic E-state index is 13.1. The van der Waals surface area contributed by atoms with Crippen LogP contribution in [0.1, 0.15) is 6.92 Å². The molecule has 10 heteroatoms. The molecule has 9 nitrogen and oxygen atoms in total. The van der Waals surface area contributed by atoms with Crippen LogP contribution in [-0.2, 0) is 14.8 Å². The van der Waals surface area contributed by atoms with Crippen molar-refractivity contribution in [3.05, 3.63) is 89.0 Å². The van der Waals surface area contributed by atoms with Crippen molar-refractivity contribution in [1.29, 1.82) is 0 Å². The average Bonchev–Trinajstić information content (AvgIpc) is 2.89. The molecular formula is C25H27N4O5S+. The van der Waals surface area contributed by atoms with Gasteiger partial charge in [0.15, 0.2) is 10.9 Å². The minimum absolute atomic E-state index is 0.154. The first kappa shape index (κ1) is 24.5. The molecule has 0 aliphatic carbocycles. The van der Waals surface area contributed by atoms with Crippen molar-refractivity contribution in [2.45, 2.75) is 17.9 Å². The lowest BCUT2D eigenvalue weighted by atomic mass is 10.0. The highest BCUT2D eigenvalue weighted by Gasteiger charge is 2.37. The van der Waals surface area contributed by atoms with Gasteiger partial charge in [0, 0.05) is 17.3 Å². The molecule has 1 aliphatic rings. The van der Waals surface area contributed by atoms with Gasteiger partial charge in [-0.15, -0.1) is 0 Å². The standard InChI is InChI=1S/C25H26N4O5S/c1-19(25(30)26-22-12-6-5-11-21(22)20-9-3-2-4-10-20)27-15-17-28(18-16-27)35(33,34)24-14-8-7-13-23(24)29(31)32/h2-14,19H,15-18H2,1H3,(H,26,30)/p+1/t19-/m0/s1. The number of benzene rings is 3. The van der Waals surface area contributed by atoms with E-state index in [2.05, 4.69) is 5.32 Å². The van der Waals surface area contributed by atoms with Gasteiger partial charge in [0.1, 0.15) is 0 Å².